The first kappa shape index (κ1) is 13.4. The lowest BCUT2D eigenvalue weighted by atomic mass is 10.2. The molecule has 1 aliphatic carbocycles. The SMILES string of the molecule is CCC(C)Oc1ccc(CNC2CCCC2)cc1. The number of benzene rings is 1. The van der Waals surface area contributed by atoms with Crippen LogP contribution in [0.1, 0.15) is 51.5 Å². The van der Waals surface area contributed by atoms with Gasteiger partial charge in [0, 0.05) is 12.6 Å². The van der Waals surface area contributed by atoms with Gasteiger partial charge in [0.1, 0.15) is 5.75 Å². The van der Waals surface area contributed by atoms with Gasteiger partial charge in [0.2, 0.25) is 0 Å². The lowest BCUT2D eigenvalue weighted by Crippen LogP contribution is -2.25. The van der Waals surface area contributed by atoms with Gasteiger partial charge in [0.05, 0.1) is 6.10 Å². The highest BCUT2D eigenvalue weighted by molar-refractivity contribution is 5.27. The fourth-order valence-corrected chi connectivity index (χ4v) is 2.39. The van der Waals surface area contributed by atoms with Gasteiger partial charge in [-0.1, -0.05) is 31.9 Å². The maximum absolute atomic E-state index is 5.78. The minimum absolute atomic E-state index is 0.299. The Labute approximate surface area is 111 Å². The molecule has 2 rings (SSSR count). The second-order valence-corrected chi connectivity index (χ2v) is 5.34. The number of rotatable bonds is 6. The fourth-order valence-electron chi connectivity index (χ4n) is 2.39. The van der Waals surface area contributed by atoms with Crippen molar-refractivity contribution in [2.24, 2.45) is 0 Å². The molecule has 0 spiro atoms. The van der Waals surface area contributed by atoms with Crippen LogP contribution in [0.15, 0.2) is 24.3 Å². The summed E-state index contributed by atoms with van der Waals surface area (Å²) in [5, 5.41) is 3.63. The molecule has 0 aromatic heterocycles. The molecule has 0 bridgehead atoms. The summed E-state index contributed by atoms with van der Waals surface area (Å²) in [6.45, 7) is 5.23. The van der Waals surface area contributed by atoms with E-state index in [-0.39, 0.29) is 0 Å². The Morgan fingerprint density at radius 3 is 2.50 bits per heavy atom. The van der Waals surface area contributed by atoms with Crippen molar-refractivity contribution in [1.29, 1.82) is 0 Å². The zero-order chi connectivity index (χ0) is 12.8. The molecule has 2 nitrogen and oxygen atoms in total. The van der Waals surface area contributed by atoms with Gasteiger partial charge < -0.3 is 10.1 Å². The minimum Gasteiger partial charge on any atom is -0.491 e. The summed E-state index contributed by atoms with van der Waals surface area (Å²) in [5.74, 6) is 0.981. The molecule has 18 heavy (non-hydrogen) atoms. The van der Waals surface area contributed by atoms with Gasteiger partial charge in [-0.05, 0) is 43.9 Å². The van der Waals surface area contributed by atoms with Crippen LogP contribution >= 0.6 is 0 Å². The molecule has 1 aromatic carbocycles. The Kier molecular flexibility index (Phi) is 5.06. The van der Waals surface area contributed by atoms with Crippen molar-refractivity contribution in [3.8, 4) is 5.75 Å². The summed E-state index contributed by atoms with van der Waals surface area (Å²) in [4.78, 5) is 0. The van der Waals surface area contributed by atoms with E-state index in [9.17, 15) is 0 Å². The normalized spacial score (nSPS) is 17.9. The van der Waals surface area contributed by atoms with Crippen molar-refractivity contribution in [2.45, 2.75) is 64.6 Å². The van der Waals surface area contributed by atoms with Crippen LogP contribution in [0.3, 0.4) is 0 Å². The predicted molar refractivity (Wildman–Crippen MR) is 75.9 cm³/mol. The van der Waals surface area contributed by atoms with Gasteiger partial charge in [0.15, 0.2) is 0 Å². The van der Waals surface area contributed by atoms with Crippen LogP contribution in [0, 0.1) is 0 Å². The van der Waals surface area contributed by atoms with Crippen molar-refractivity contribution >= 4 is 0 Å². The van der Waals surface area contributed by atoms with Crippen molar-refractivity contribution in [3.05, 3.63) is 29.8 Å². The monoisotopic (exact) mass is 247 g/mol. The highest BCUT2D eigenvalue weighted by atomic mass is 16.5. The molecule has 0 amide bonds. The Morgan fingerprint density at radius 2 is 1.89 bits per heavy atom. The van der Waals surface area contributed by atoms with E-state index in [0.29, 0.717) is 6.10 Å². The van der Waals surface area contributed by atoms with E-state index < -0.39 is 0 Å². The van der Waals surface area contributed by atoms with Gasteiger partial charge in [-0.25, -0.2) is 0 Å². The molecule has 1 aromatic rings. The van der Waals surface area contributed by atoms with E-state index in [1.165, 1.54) is 31.2 Å². The summed E-state index contributed by atoms with van der Waals surface area (Å²) in [5.41, 5.74) is 1.35. The first-order valence-electron chi connectivity index (χ1n) is 7.27. The molecule has 1 unspecified atom stereocenters. The van der Waals surface area contributed by atoms with E-state index in [4.69, 9.17) is 4.74 Å². The maximum Gasteiger partial charge on any atom is 0.119 e. The molecule has 1 fully saturated rings. The van der Waals surface area contributed by atoms with Crippen LogP contribution in [-0.2, 0) is 6.54 Å². The largest absolute Gasteiger partial charge is 0.491 e. The Hall–Kier alpha value is -1.02. The van der Waals surface area contributed by atoms with E-state index in [0.717, 1.165) is 24.8 Å². The van der Waals surface area contributed by atoms with E-state index >= 15 is 0 Å². The second-order valence-electron chi connectivity index (χ2n) is 5.34. The first-order valence-corrected chi connectivity index (χ1v) is 7.27. The summed E-state index contributed by atoms with van der Waals surface area (Å²) >= 11 is 0. The molecule has 1 aliphatic rings. The third-order valence-electron chi connectivity index (χ3n) is 3.79. The molecule has 1 saturated carbocycles. The third-order valence-corrected chi connectivity index (χ3v) is 3.79. The molecular weight excluding hydrogens is 222 g/mol. The van der Waals surface area contributed by atoms with Crippen molar-refractivity contribution in [1.82, 2.24) is 5.32 Å². The van der Waals surface area contributed by atoms with Crippen LogP contribution in [0.5, 0.6) is 5.75 Å². The molecule has 2 heteroatoms. The zero-order valence-corrected chi connectivity index (χ0v) is 11.6. The molecule has 100 valence electrons. The van der Waals surface area contributed by atoms with Gasteiger partial charge >= 0.3 is 0 Å². The third kappa shape index (κ3) is 4.02. The number of hydrogen-bond donors (Lipinski definition) is 1. The fraction of sp³-hybridized carbons (Fsp3) is 0.625. The second kappa shape index (κ2) is 6.79. The van der Waals surface area contributed by atoms with Crippen LogP contribution < -0.4 is 10.1 Å². The zero-order valence-electron chi connectivity index (χ0n) is 11.6. The Bertz CT molecular complexity index is 341. The van der Waals surface area contributed by atoms with Gasteiger partial charge in [0.25, 0.3) is 0 Å². The summed E-state index contributed by atoms with van der Waals surface area (Å²) in [7, 11) is 0. The quantitative estimate of drug-likeness (QED) is 0.823. The molecule has 1 N–H and O–H groups in total. The average molecular weight is 247 g/mol. The van der Waals surface area contributed by atoms with E-state index in [2.05, 4.69) is 43.4 Å². The van der Waals surface area contributed by atoms with Crippen molar-refractivity contribution in [2.75, 3.05) is 0 Å². The summed E-state index contributed by atoms with van der Waals surface area (Å²) < 4.78 is 5.78. The standard InChI is InChI=1S/C16H25NO/c1-3-13(2)18-16-10-8-14(9-11-16)12-17-15-6-4-5-7-15/h8-11,13,15,17H,3-7,12H2,1-2H3. The lowest BCUT2D eigenvalue weighted by Gasteiger charge is -2.14. The molecule has 0 heterocycles. The predicted octanol–water partition coefficient (Wildman–Crippen LogP) is 3.90. The molecule has 0 saturated heterocycles. The molecule has 1 atom stereocenters. The molecule has 0 radical (unpaired) electrons. The van der Waals surface area contributed by atoms with Crippen LogP contribution in [0.25, 0.3) is 0 Å². The minimum atomic E-state index is 0.299. The van der Waals surface area contributed by atoms with Crippen LogP contribution in [0.4, 0.5) is 0 Å². The summed E-state index contributed by atoms with van der Waals surface area (Å²) in [6, 6.07) is 9.23. The highest BCUT2D eigenvalue weighted by Gasteiger charge is 2.13. The lowest BCUT2D eigenvalue weighted by molar-refractivity contribution is 0.217. The highest BCUT2D eigenvalue weighted by Crippen LogP contribution is 2.19. The molecule has 0 aliphatic heterocycles. The average Bonchev–Trinajstić information content (AvgIpc) is 2.91. The topological polar surface area (TPSA) is 21.3 Å². The Morgan fingerprint density at radius 1 is 1.22 bits per heavy atom. The Balaban J connectivity index is 1.79. The van der Waals surface area contributed by atoms with Crippen molar-refractivity contribution in [3.63, 3.8) is 0 Å². The van der Waals surface area contributed by atoms with Gasteiger partial charge in [-0.15, -0.1) is 0 Å². The van der Waals surface area contributed by atoms with Crippen molar-refractivity contribution < 1.29 is 4.74 Å². The van der Waals surface area contributed by atoms with Crippen LogP contribution in [0.2, 0.25) is 0 Å². The van der Waals surface area contributed by atoms with E-state index in [1.807, 2.05) is 0 Å². The number of nitrogens with one attached hydrogen (secondary N) is 1. The number of hydrogen-bond acceptors (Lipinski definition) is 2. The van der Waals surface area contributed by atoms with Crippen LogP contribution in [-0.4, -0.2) is 12.1 Å². The summed E-state index contributed by atoms with van der Waals surface area (Å²) in [6.07, 6.45) is 6.81. The smallest absolute Gasteiger partial charge is 0.119 e. The van der Waals surface area contributed by atoms with Gasteiger partial charge in [-0.3, -0.25) is 0 Å². The van der Waals surface area contributed by atoms with E-state index in [1.54, 1.807) is 0 Å². The maximum atomic E-state index is 5.78. The number of ether oxygens (including phenoxy) is 1. The molecular formula is C16H25NO. The van der Waals surface area contributed by atoms with Gasteiger partial charge in [-0.2, -0.15) is 0 Å². The first-order chi connectivity index (χ1) is 8.78.